The summed E-state index contributed by atoms with van der Waals surface area (Å²) < 4.78 is 27.4. The quantitative estimate of drug-likeness (QED) is 0.184. The molecule has 1 aliphatic carbocycles. The summed E-state index contributed by atoms with van der Waals surface area (Å²) in [6.45, 7) is 4.36. The van der Waals surface area contributed by atoms with Gasteiger partial charge in [-0.25, -0.2) is 4.79 Å². The lowest BCUT2D eigenvalue weighted by Crippen LogP contribution is -2.51. The number of unbranched alkanes of at least 4 members (excludes halogenated alkanes) is 3. The van der Waals surface area contributed by atoms with Crippen LogP contribution in [0.4, 0.5) is 4.79 Å². The second-order valence-electron chi connectivity index (χ2n) is 10.2. The van der Waals surface area contributed by atoms with Crippen molar-refractivity contribution < 1.29 is 23.5 Å². The summed E-state index contributed by atoms with van der Waals surface area (Å²) in [6.07, 6.45) is 11.8. The van der Waals surface area contributed by atoms with E-state index in [2.05, 4.69) is 28.8 Å². The van der Waals surface area contributed by atoms with Crippen LogP contribution in [0.1, 0.15) is 88.6 Å². The third-order valence-electron chi connectivity index (χ3n) is 7.24. The molecule has 1 fully saturated rings. The van der Waals surface area contributed by atoms with E-state index in [1.807, 2.05) is 30.3 Å². The fourth-order valence-corrected chi connectivity index (χ4v) is 5.75. The lowest BCUT2D eigenvalue weighted by atomic mass is 9.98. The number of likely N-dealkylation sites (N-methyl/N-ethyl adjacent to an activating group) is 1. The molecule has 7 nitrogen and oxygen atoms in total. The molecule has 2 aliphatic rings. The number of hydrogen-bond acceptors (Lipinski definition) is 7. The molecule has 36 heavy (non-hydrogen) atoms. The first-order valence-corrected chi connectivity index (χ1v) is 14.2. The molecule has 196 valence electrons. The van der Waals surface area contributed by atoms with E-state index in [9.17, 15) is 4.79 Å². The number of quaternary nitrogens is 1. The van der Waals surface area contributed by atoms with E-state index in [4.69, 9.17) is 14.2 Å². The topological polar surface area (TPSA) is 70.5 Å². The normalized spacial score (nSPS) is 21.4. The van der Waals surface area contributed by atoms with E-state index in [-0.39, 0.29) is 6.10 Å². The van der Waals surface area contributed by atoms with Gasteiger partial charge in [0.1, 0.15) is 18.3 Å². The van der Waals surface area contributed by atoms with Crippen molar-refractivity contribution in [2.75, 3.05) is 26.7 Å². The molecule has 0 N–H and O–H groups in total. The maximum absolute atomic E-state index is 12.9. The number of benzene rings is 1. The molecule has 4 rings (SSSR count). The van der Waals surface area contributed by atoms with Crippen LogP contribution in [0, 0.1) is 0 Å². The molecule has 2 aromatic rings. The molecule has 2 heterocycles. The monoisotopic (exact) mass is 514 g/mol. The van der Waals surface area contributed by atoms with Gasteiger partial charge >= 0.3 is 6.16 Å². The van der Waals surface area contributed by atoms with Crippen LogP contribution in [0.5, 0.6) is 5.88 Å². The van der Waals surface area contributed by atoms with Gasteiger partial charge in [0.2, 0.25) is 0 Å². The molecule has 1 saturated carbocycles. The zero-order valence-corrected chi connectivity index (χ0v) is 22.5. The van der Waals surface area contributed by atoms with Gasteiger partial charge in [-0.05, 0) is 44.2 Å². The second kappa shape index (κ2) is 13.2. The Morgan fingerprint density at radius 1 is 1.11 bits per heavy atom. The number of hydrogen-bond donors (Lipinski definition) is 0. The number of carbonyl (C=O) groups excluding carboxylic acids is 1. The third kappa shape index (κ3) is 7.07. The van der Waals surface area contributed by atoms with Crippen molar-refractivity contribution in [2.24, 2.45) is 0 Å². The summed E-state index contributed by atoms with van der Waals surface area (Å²) in [7, 11) is 2.14. The average molecular weight is 515 g/mol. The van der Waals surface area contributed by atoms with Gasteiger partial charge in [0, 0.05) is 12.0 Å². The van der Waals surface area contributed by atoms with Crippen LogP contribution in [0.25, 0.3) is 5.57 Å². The smallest absolute Gasteiger partial charge is 0.475 e. The minimum Gasteiger partial charge on any atom is -0.475 e. The van der Waals surface area contributed by atoms with E-state index < -0.39 is 12.4 Å². The zero-order chi connectivity index (χ0) is 25.2. The van der Waals surface area contributed by atoms with Crippen LogP contribution in [0.15, 0.2) is 36.4 Å². The minimum atomic E-state index is -0.572. The number of ether oxygens (including phenoxy) is 3. The molecular formula is C28H40N3O4S+. The van der Waals surface area contributed by atoms with Gasteiger partial charge in [-0.2, -0.15) is 4.37 Å². The molecule has 2 unspecified atom stereocenters. The number of aromatic nitrogens is 2. The highest BCUT2D eigenvalue weighted by Gasteiger charge is 2.41. The van der Waals surface area contributed by atoms with Crippen molar-refractivity contribution in [3.8, 4) is 5.88 Å². The van der Waals surface area contributed by atoms with Crippen molar-refractivity contribution in [2.45, 2.75) is 83.5 Å². The first-order chi connectivity index (χ1) is 17.6. The Morgan fingerprint density at radius 3 is 2.69 bits per heavy atom. The summed E-state index contributed by atoms with van der Waals surface area (Å²) >= 11 is 1.18. The van der Waals surface area contributed by atoms with Crippen molar-refractivity contribution in [3.05, 3.63) is 47.7 Å². The minimum absolute atomic E-state index is 0.0390. The summed E-state index contributed by atoms with van der Waals surface area (Å²) in [4.78, 5) is 12.9. The van der Waals surface area contributed by atoms with Gasteiger partial charge < -0.3 is 14.2 Å². The Kier molecular flexibility index (Phi) is 9.75. The predicted octanol–water partition coefficient (Wildman–Crippen LogP) is 6.92. The first-order valence-electron chi connectivity index (χ1n) is 13.5. The number of carbonyl (C=O) groups is 1. The molecule has 0 bridgehead atoms. The molecule has 1 aliphatic heterocycles. The Balaban J connectivity index is 1.47. The van der Waals surface area contributed by atoms with E-state index in [0.29, 0.717) is 23.5 Å². The lowest BCUT2D eigenvalue weighted by molar-refractivity contribution is -0.953. The highest BCUT2D eigenvalue weighted by molar-refractivity contribution is 6.99. The van der Waals surface area contributed by atoms with Gasteiger partial charge in [-0.3, -0.25) is 4.48 Å². The fraction of sp³-hybridized carbons (Fsp3) is 0.607. The van der Waals surface area contributed by atoms with Crippen LogP contribution < -0.4 is 4.74 Å². The Hall–Kier alpha value is -2.45. The van der Waals surface area contributed by atoms with Gasteiger partial charge in [0.05, 0.1) is 37.5 Å². The number of rotatable bonds is 11. The summed E-state index contributed by atoms with van der Waals surface area (Å²) in [6, 6.07) is 10.00. The van der Waals surface area contributed by atoms with Crippen molar-refractivity contribution in [1.29, 1.82) is 0 Å². The van der Waals surface area contributed by atoms with E-state index >= 15 is 0 Å². The van der Waals surface area contributed by atoms with Crippen LogP contribution >= 0.6 is 11.7 Å². The Bertz CT molecular complexity index is 990. The summed E-state index contributed by atoms with van der Waals surface area (Å²) in [5.74, 6) is 0.616. The van der Waals surface area contributed by atoms with E-state index in [1.165, 1.54) is 31.0 Å². The summed E-state index contributed by atoms with van der Waals surface area (Å²) in [5, 5.41) is 0. The van der Waals surface area contributed by atoms with Gasteiger partial charge in [0.25, 0.3) is 12.1 Å². The highest BCUT2D eigenvalue weighted by Crippen LogP contribution is 2.37. The molecule has 1 aromatic carbocycles. The molecule has 8 heteroatoms. The first kappa shape index (κ1) is 26.6. The van der Waals surface area contributed by atoms with Gasteiger partial charge in [0.15, 0.2) is 0 Å². The van der Waals surface area contributed by atoms with Crippen LogP contribution in [0.2, 0.25) is 0 Å². The second-order valence-corrected chi connectivity index (χ2v) is 10.7. The van der Waals surface area contributed by atoms with Gasteiger partial charge in [-0.1, -0.05) is 56.9 Å². The Morgan fingerprint density at radius 2 is 1.92 bits per heavy atom. The molecular weight excluding hydrogens is 474 g/mol. The molecule has 0 saturated heterocycles. The SMILES string of the molecule is CCCCCCOc1nsnc1C1=CCC[N+](C)(C(OC(=O)OC2CCCCC2)c2ccccc2)C1. The predicted molar refractivity (Wildman–Crippen MR) is 142 cm³/mol. The average Bonchev–Trinajstić information content (AvgIpc) is 3.37. The van der Waals surface area contributed by atoms with Crippen LogP contribution in [-0.2, 0) is 9.47 Å². The van der Waals surface area contributed by atoms with E-state index in [0.717, 1.165) is 68.3 Å². The van der Waals surface area contributed by atoms with Crippen molar-refractivity contribution >= 4 is 23.5 Å². The summed E-state index contributed by atoms with van der Waals surface area (Å²) in [5.41, 5.74) is 2.87. The van der Waals surface area contributed by atoms with Crippen molar-refractivity contribution in [1.82, 2.24) is 8.75 Å². The van der Waals surface area contributed by atoms with Gasteiger partial charge in [-0.15, -0.1) is 4.37 Å². The largest absolute Gasteiger partial charge is 0.513 e. The van der Waals surface area contributed by atoms with Crippen LogP contribution in [0.3, 0.4) is 0 Å². The van der Waals surface area contributed by atoms with Crippen LogP contribution in [-0.4, -0.2) is 52.2 Å². The lowest BCUT2D eigenvalue weighted by Gasteiger charge is -2.42. The third-order valence-corrected chi connectivity index (χ3v) is 7.75. The maximum atomic E-state index is 12.9. The van der Waals surface area contributed by atoms with E-state index in [1.54, 1.807) is 0 Å². The maximum Gasteiger partial charge on any atom is 0.513 e. The molecule has 0 spiro atoms. The molecule has 0 radical (unpaired) electrons. The Labute approximate surface area is 219 Å². The van der Waals surface area contributed by atoms with Crippen molar-refractivity contribution in [3.63, 3.8) is 0 Å². The molecule has 2 atom stereocenters. The standard InChI is InChI=1S/C28H40N3O4S/c1-3-4-5-12-20-33-26-25(29-36-30-26)23-16-13-19-31(2,21-23)27(22-14-8-6-9-15-22)35-28(32)34-24-17-10-7-11-18-24/h6,8-9,14-16,24,27H,3-5,7,10-13,17-21H2,1-2H3/q+1. The molecule has 0 amide bonds. The molecule has 1 aromatic heterocycles. The fourth-order valence-electron chi connectivity index (χ4n) is 5.22. The zero-order valence-electron chi connectivity index (χ0n) is 21.7. The number of nitrogens with zero attached hydrogens (tertiary/aromatic N) is 3. The highest BCUT2D eigenvalue weighted by atomic mass is 32.1.